The zero-order chi connectivity index (χ0) is 21.8. The number of rotatable bonds is 7. The predicted octanol–water partition coefficient (Wildman–Crippen LogP) is 5.80. The van der Waals surface area contributed by atoms with Crippen LogP contribution in [0.25, 0.3) is 0 Å². The van der Waals surface area contributed by atoms with Crippen LogP contribution < -0.4 is 10.1 Å². The Labute approximate surface area is 187 Å². The normalized spacial score (nSPS) is 10.8. The Morgan fingerprint density at radius 1 is 1.10 bits per heavy atom. The van der Waals surface area contributed by atoms with Gasteiger partial charge in [0.1, 0.15) is 29.8 Å². The van der Waals surface area contributed by atoms with E-state index in [1.54, 1.807) is 47.3 Å². The van der Waals surface area contributed by atoms with E-state index in [9.17, 15) is 9.18 Å². The lowest BCUT2D eigenvalue weighted by atomic mass is 10.2. The third-order valence-corrected chi connectivity index (χ3v) is 4.96. The van der Waals surface area contributed by atoms with Gasteiger partial charge in [-0.25, -0.2) is 9.07 Å². The van der Waals surface area contributed by atoms with E-state index in [1.165, 1.54) is 24.3 Å². The highest BCUT2D eigenvalue weighted by atomic mass is 35.5. The van der Waals surface area contributed by atoms with Crippen molar-refractivity contribution >= 4 is 34.9 Å². The molecule has 0 aliphatic heterocycles. The number of carbonyl (C=O) groups excluding carboxylic acids is 1. The first-order chi connectivity index (χ1) is 15.0. The second kappa shape index (κ2) is 9.24. The van der Waals surface area contributed by atoms with Gasteiger partial charge in [-0.05, 0) is 54.1 Å². The van der Waals surface area contributed by atoms with Crippen molar-refractivity contribution in [2.24, 2.45) is 0 Å². The molecule has 2 aromatic heterocycles. The van der Waals surface area contributed by atoms with E-state index >= 15 is 0 Å². The molecule has 0 atom stereocenters. The molecule has 31 heavy (non-hydrogen) atoms. The van der Waals surface area contributed by atoms with Crippen molar-refractivity contribution in [3.63, 3.8) is 0 Å². The molecule has 6 nitrogen and oxygen atoms in total. The van der Waals surface area contributed by atoms with Gasteiger partial charge in [0.15, 0.2) is 5.76 Å². The van der Waals surface area contributed by atoms with Gasteiger partial charge in [0, 0.05) is 16.1 Å². The lowest BCUT2D eigenvalue weighted by Crippen LogP contribution is -2.15. The average molecular weight is 460 g/mol. The van der Waals surface area contributed by atoms with Crippen LogP contribution in [0.3, 0.4) is 0 Å². The number of amides is 1. The van der Waals surface area contributed by atoms with Crippen LogP contribution in [0.4, 0.5) is 10.2 Å². The van der Waals surface area contributed by atoms with Crippen molar-refractivity contribution in [2.75, 3.05) is 5.32 Å². The minimum atomic E-state index is -0.433. The maximum absolute atomic E-state index is 12.9. The van der Waals surface area contributed by atoms with Gasteiger partial charge in [0.2, 0.25) is 0 Å². The minimum Gasteiger partial charge on any atom is -0.486 e. The van der Waals surface area contributed by atoms with E-state index < -0.39 is 5.91 Å². The van der Waals surface area contributed by atoms with Crippen LogP contribution in [0.2, 0.25) is 10.0 Å². The number of nitrogens with one attached hydrogen (secondary N) is 1. The molecule has 0 aliphatic carbocycles. The molecular weight excluding hydrogens is 444 g/mol. The fourth-order valence-electron chi connectivity index (χ4n) is 2.82. The van der Waals surface area contributed by atoms with Gasteiger partial charge in [0.25, 0.3) is 5.91 Å². The van der Waals surface area contributed by atoms with Gasteiger partial charge >= 0.3 is 0 Å². The Hall–Kier alpha value is -3.29. The summed E-state index contributed by atoms with van der Waals surface area (Å²) >= 11 is 12.2. The molecule has 4 aromatic rings. The van der Waals surface area contributed by atoms with E-state index in [1.807, 2.05) is 0 Å². The minimum absolute atomic E-state index is 0.103. The summed E-state index contributed by atoms with van der Waals surface area (Å²) in [6, 6.07) is 15.7. The number of nitrogens with zero attached hydrogens (tertiary/aromatic N) is 2. The quantitative estimate of drug-likeness (QED) is 0.379. The monoisotopic (exact) mass is 459 g/mol. The van der Waals surface area contributed by atoms with E-state index in [2.05, 4.69) is 10.4 Å². The number of ether oxygens (including phenoxy) is 1. The molecule has 0 radical (unpaired) electrons. The zero-order valence-electron chi connectivity index (χ0n) is 16.0. The zero-order valence-corrected chi connectivity index (χ0v) is 17.5. The van der Waals surface area contributed by atoms with Crippen LogP contribution in [0.15, 0.2) is 71.3 Å². The molecule has 2 heterocycles. The maximum atomic E-state index is 12.9. The molecule has 0 saturated carbocycles. The van der Waals surface area contributed by atoms with Gasteiger partial charge < -0.3 is 14.5 Å². The first kappa shape index (κ1) is 21.0. The van der Waals surface area contributed by atoms with E-state index in [4.69, 9.17) is 32.4 Å². The third kappa shape index (κ3) is 5.25. The van der Waals surface area contributed by atoms with Crippen LogP contribution in [0.5, 0.6) is 5.75 Å². The topological polar surface area (TPSA) is 69.3 Å². The fraction of sp³-hybridized carbons (Fsp3) is 0.0909. The molecule has 1 amide bonds. The van der Waals surface area contributed by atoms with Gasteiger partial charge in [-0.1, -0.05) is 29.3 Å². The summed E-state index contributed by atoms with van der Waals surface area (Å²) in [4.78, 5) is 12.6. The molecule has 0 spiro atoms. The Balaban J connectivity index is 1.39. The van der Waals surface area contributed by atoms with Crippen molar-refractivity contribution in [1.29, 1.82) is 0 Å². The molecule has 0 fully saturated rings. The summed E-state index contributed by atoms with van der Waals surface area (Å²) in [5, 5.41) is 8.05. The number of hydrogen-bond acceptors (Lipinski definition) is 4. The van der Waals surface area contributed by atoms with Gasteiger partial charge in [-0.2, -0.15) is 5.10 Å². The Bertz CT molecular complexity index is 1200. The fourth-order valence-corrected chi connectivity index (χ4v) is 3.29. The summed E-state index contributed by atoms with van der Waals surface area (Å²) in [7, 11) is 0. The Kier molecular flexibility index (Phi) is 6.25. The maximum Gasteiger partial charge on any atom is 0.292 e. The highest BCUT2D eigenvalue weighted by Gasteiger charge is 2.15. The molecular formula is C22H16Cl2FN3O3. The first-order valence-corrected chi connectivity index (χ1v) is 9.98. The van der Waals surface area contributed by atoms with Crippen LogP contribution in [-0.4, -0.2) is 15.7 Å². The van der Waals surface area contributed by atoms with E-state index in [0.29, 0.717) is 33.9 Å². The standard InChI is InChI=1S/C22H16Cl2FN3O3/c23-15-2-1-14(19(24)11-15)12-28-21(9-10-26-28)27-22(29)20-8-7-18(31-20)13-30-17-5-3-16(25)4-6-17/h1-11H,12-13H2,(H,27,29). The largest absolute Gasteiger partial charge is 0.486 e. The number of carbonyl (C=O) groups is 1. The molecule has 0 unspecified atom stereocenters. The van der Waals surface area contributed by atoms with Crippen molar-refractivity contribution < 1.29 is 18.3 Å². The number of hydrogen-bond donors (Lipinski definition) is 1. The van der Waals surface area contributed by atoms with Gasteiger partial charge in [0.05, 0.1) is 12.7 Å². The highest BCUT2D eigenvalue weighted by molar-refractivity contribution is 6.35. The smallest absolute Gasteiger partial charge is 0.292 e. The predicted molar refractivity (Wildman–Crippen MR) is 115 cm³/mol. The molecule has 9 heteroatoms. The second-order valence-electron chi connectivity index (χ2n) is 6.57. The van der Waals surface area contributed by atoms with E-state index in [-0.39, 0.29) is 18.2 Å². The van der Waals surface area contributed by atoms with Crippen LogP contribution >= 0.6 is 23.2 Å². The Morgan fingerprint density at radius 2 is 1.90 bits per heavy atom. The van der Waals surface area contributed by atoms with Gasteiger partial charge in [-0.3, -0.25) is 4.79 Å². The molecule has 0 saturated heterocycles. The van der Waals surface area contributed by atoms with Crippen LogP contribution in [-0.2, 0) is 13.2 Å². The van der Waals surface area contributed by atoms with Crippen molar-refractivity contribution in [2.45, 2.75) is 13.2 Å². The average Bonchev–Trinajstić information content (AvgIpc) is 3.39. The molecule has 0 aliphatic rings. The number of halogens is 3. The number of benzene rings is 2. The third-order valence-electron chi connectivity index (χ3n) is 4.37. The summed E-state index contributed by atoms with van der Waals surface area (Å²) in [6.45, 7) is 0.458. The number of furan rings is 1. The molecule has 4 rings (SSSR count). The lowest BCUT2D eigenvalue weighted by molar-refractivity contribution is 0.0991. The van der Waals surface area contributed by atoms with Crippen LogP contribution in [0, 0.1) is 5.82 Å². The SMILES string of the molecule is O=C(Nc1ccnn1Cc1ccc(Cl)cc1Cl)c1ccc(COc2ccc(F)cc2)o1. The van der Waals surface area contributed by atoms with Crippen molar-refractivity contribution in [1.82, 2.24) is 9.78 Å². The summed E-state index contributed by atoms with van der Waals surface area (Å²) in [5.41, 5.74) is 0.809. The summed E-state index contributed by atoms with van der Waals surface area (Å²) in [5.74, 6) is 0.773. The molecule has 158 valence electrons. The van der Waals surface area contributed by atoms with E-state index in [0.717, 1.165) is 5.56 Å². The van der Waals surface area contributed by atoms with Crippen molar-refractivity contribution in [3.05, 3.63) is 99.8 Å². The first-order valence-electron chi connectivity index (χ1n) is 9.22. The Morgan fingerprint density at radius 3 is 2.68 bits per heavy atom. The number of aromatic nitrogens is 2. The molecule has 2 aromatic carbocycles. The summed E-state index contributed by atoms with van der Waals surface area (Å²) < 4.78 is 25.6. The summed E-state index contributed by atoms with van der Waals surface area (Å²) in [6.07, 6.45) is 1.57. The van der Waals surface area contributed by atoms with Crippen LogP contribution in [0.1, 0.15) is 21.9 Å². The van der Waals surface area contributed by atoms with Crippen molar-refractivity contribution in [3.8, 4) is 5.75 Å². The highest BCUT2D eigenvalue weighted by Crippen LogP contribution is 2.23. The second-order valence-corrected chi connectivity index (χ2v) is 7.42. The lowest BCUT2D eigenvalue weighted by Gasteiger charge is -2.10. The van der Waals surface area contributed by atoms with Gasteiger partial charge in [-0.15, -0.1) is 0 Å². The molecule has 0 bridgehead atoms. The number of anilines is 1. The molecule has 1 N–H and O–H groups in total.